The lowest BCUT2D eigenvalue weighted by Crippen LogP contribution is -2.14. The third-order valence-electron chi connectivity index (χ3n) is 3.83. The number of nitrogens with zero attached hydrogens (tertiary/aromatic N) is 1. The molecule has 1 aromatic carbocycles. The highest BCUT2D eigenvalue weighted by Crippen LogP contribution is 2.32. The van der Waals surface area contributed by atoms with Crippen LogP contribution in [-0.2, 0) is 13.0 Å². The first-order chi connectivity index (χ1) is 8.86. The van der Waals surface area contributed by atoms with Gasteiger partial charge in [-0.25, -0.2) is 0 Å². The average molecular weight is 239 g/mol. The van der Waals surface area contributed by atoms with E-state index in [-0.39, 0.29) is 0 Å². The molecule has 1 heterocycles. The molecule has 0 saturated heterocycles. The van der Waals surface area contributed by atoms with Crippen LogP contribution < -0.4 is 0 Å². The molecule has 0 bridgehead atoms. The number of hydrogen-bond donors (Lipinski definition) is 0. The van der Waals surface area contributed by atoms with Crippen LogP contribution in [0.15, 0.2) is 42.7 Å². The zero-order valence-electron chi connectivity index (χ0n) is 10.4. The number of aryl methyl sites for hydroxylation is 1. The Morgan fingerprint density at radius 1 is 1.28 bits per heavy atom. The molecule has 0 N–H and O–H groups in total. The van der Waals surface area contributed by atoms with E-state index < -0.39 is 0 Å². The van der Waals surface area contributed by atoms with Gasteiger partial charge in [0.05, 0.1) is 0 Å². The molecule has 1 aliphatic carbocycles. The summed E-state index contributed by atoms with van der Waals surface area (Å²) >= 11 is 0. The van der Waals surface area contributed by atoms with Crippen LogP contribution in [0.2, 0.25) is 0 Å². The Hall–Kier alpha value is -1.83. The van der Waals surface area contributed by atoms with Crippen molar-refractivity contribution >= 4 is 6.29 Å². The SMILES string of the molecule is O=Cc1ccn(CC2CCCc3ccccc32)c1. The lowest BCUT2D eigenvalue weighted by Gasteiger charge is -2.25. The van der Waals surface area contributed by atoms with E-state index in [0.717, 1.165) is 18.4 Å². The molecule has 1 aliphatic rings. The molecule has 0 fully saturated rings. The second-order valence-electron chi connectivity index (χ2n) is 5.05. The Morgan fingerprint density at radius 2 is 2.17 bits per heavy atom. The first-order valence-electron chi connectivity index (χ1n) is 6.55. The molecule has 3 rings (SSSR count). The molecule has 0 aliphatic heterocycles. The average Bonchev–Trinajstić information content (AvgIpc) is 2.87. The van der Waals surface area contributed by atoms with Gasteiger partial charge in [0.1, 0.15) is 0 Å². The zero-order valence-corrected chi connectivity index (χ0v) is 10.4. The van der Waals surface area contributed by atoms with Crippen LogP contribution in [0.4, 0.5) is 0 Å². The summed E-state index contributed by atoms with van der Waals surface area (Å²) in [5, 5.41) is 0. The van der Waals surface area contributed by atoms with Gasteiger partial charge in [-0.3, -0.25) is 4.79 Å². The molecule has 0 radical (unpaired) electrons. The molecular weight excluding hydrogens is 222 g/mol. The second kappa shape index (κ2) is 4.81. The number of aldehydes is 1. The predicted molar refractivity (Wildman–Crippen MR) is 71.9 cm³/mol. The fraction of sp³-hybridized carbons (Fsp3) is 0.312. The predicted octanol–water partition coefficient (Wildman–Crippen LogP) is 3.42. The highest BCUT2D eigenvalue weighted by molar-refractivity contribution is 5.74. The van der Waals surface area contributed by atoms with Gasteiger partial charge in [0.15, 0.2) is 6.29 Å². The van der Waals surface area contributed by atoms with Crippen molar-refractivity contribution in [1.29, 1.82) is 0 Å². The summed E-state index contributed by atoms with van der Waals surface area (Å²) < 4.78 is 2.14. The second-order valence-corrected chi connectivity index (χ2v) is 5.05. The minimum Gasteiger partial charge on any atom is -0.353 e. The lowest BCUT2D eigenvalue weighted by molar-refractivity contribution is 0.112. The molecule has 1 aromatic heterocycles. The fourth-order valence-electron chi connectivity index (χ4n) is 2.94. The quantitative estimate of drug-likeness (QED) is 0.752. The normalized spacial score (nSPS) is 18.3. The molecule has 92 valence electrons. The van der Waals surface area contributed by atoms with Gasteiger partial charge in [-0.2, -0.15) is 0 Å². The standard InChI is InChI=1S/C16H17NO/c18-12-13-8-9-17(10-13)11-15-6-3-5-14-4-1-2-7-16(14)15/h1-2,4,7-10,12,15H,3,5-6,11H2. The molecule has 0 saturated carbocycles. The largest absolute Gasteiger partial charge is 0.353 e. The van der Waals surface area contributed by atoms with E-state index in [2.05, 4.69) is 28.8 Å². The zero-order chi connectivity index (χ0) is 12.4. The first kappa shape index (κ1) is 11.3. The number of fused-ring (bicyclic) bond motifs is 1. The van der Waals surface area contributed by atoms with E-state index in [1.54, 1.807) is 0 Å². The maximum absolute atomic E-state index is 10.7. The van der Waals surface area contributed by atoms with Gasteiger partial charge in [-0.05, 0) is 36.5 Å². The van der Waals surface area contributed by atoms with E-state index in [4.69, 9.17) is 0 Å². The van der Waals surface area contributed by atoms with E-state index in [1.165, 1.54) is 30.4 Å². The van der Waals surface area contributed by atoms with Crippen molar-refractivity contribution in [2.75, 3.05) is 0 Å². The summed E-state index contributed by atoms with van der Waals surface area (Å²) in [6.07, 6.45) is 8.56. The summed E-state index contributed by atoms with van der Waals surface area (Å²) in [6.45, 7) is 0.977. The number of rotatable bonds is 3. The van der Waals surface area contributed by atoms with Crippen molar-refractivity contribution in [2.24, 2.45) is 0 Å². The highest BCUT2D eigenvalue weighted by atomic mass is 16.1. The van der Waals surface area contributed by atoms with Gasteiger partial charge in [0.25, 0.3) is 0 Å². The molecule has 2 heteroatoms. The van der Waals surface area contributed by atoms with Gasteiger partial charge < -0.3 is 4.57 Å². The van der Waals surface area contributed by atoms with Gasteiger partial charge in [-0.15, -0.1) is 0 Å². The maximum atomic E-state index is 10.7. The Balaban J connectivity index is 1.83. The van der Waals surface area contributed by atoms with Crippen LogP contribution in [0.25, 0.3) is 0 Å². The summed E-state index contributed by atoms with van der Waals surface area (Å²) in [7, 11) is 0. The number of benzene rings is 1. The number of carbonyl (C=O) groups is 1. The van der Waals surface area contributed by atoms with E-state index in [0.29, 0.717) is 5.92 Å². The van der Waals surface area contributed by atoms with Crippen molar-refractivity contribution in [3.63, 3.8) is 0 Å². The van der Waals surface area contributed by atoms with Crippen LogP contribution in [0.1, 0.15) is 40.2 Å². The molecule has 2 nitrogen and oxygen atoms in total. The van der Waals surface area contributed by atoms with Gasteiger partial charge >= 0.3 is 0 Å². The van der Waals surface area contributed by atoms with E-state index in [1.807, 2.05) is 18.5 Å². The van der Waals surface area contributed by atoms with E-state index >= 15 is 0 Å². The molecule has 1 atom stereocenters. The third-order valence-corrected chi connectivity index (χ3v) is 3.83. The first-order valence-corrected chi connectivity index (χ1v) is 6.55. The van der Waals surface area contributed by atoms with Crippen molar-refractivity contribution in [1.82, 2.24) is 4.57 Å². The number of hydrogen-bond acceptors (Lipinski definition) is 1. The van der Waals surface area contributed by atoms with Crippen molar-refractivity contribution < 1.29 is 4.79 Å². The topological polar surface area (TPSA) is 22.0 Å². The summed E-state index contributed by atoms with van der Waals surface area (Å²) in [5.41, 5.74) is 3.75. The summed E-state index contributed by atoms with van der Waals surface area (Å²) in [4.78, 5) is 10.7. The highest BCUT2D eigenvalue weighted by Gasteiger charge is 2.19. The van der Waals surface area contributed by atoms with Crippen molar-refractivity contribution in [3.05, 3.63) is 59.4 Å². The van der Waals surface area contributed by atoms with Crippen LogP contribution in [0.3, 0.4) is 0 Å². The lowest BCUT2D eigenvalue weighted by atomic mass is 9.83. The van der Waals surface area contributed by atoms with Crippen molar-refractivity contribution in [2.45, 2.75) is 31.7 Å². The van der Waals surface area contributed by atoms with Gasteiger partial charge in [0, 0.05) is 30.4 Å². The number of aromatic nitrogens is 1. The molecule has 0 amide bonds. The molecule has 0 spiro atoms. The fourth-order valence-corrected chi connectivity index (χ4v) is 2.94. The van der Waals surface area contributed by atoms with Crippen molar-refractivity contribution in [3.8, 4) is 0 Å². The number of carbonyl (C=O) groups excluding carboxylic acids is 1. The summed E-state index contributed by atoms with van der Waals surface area (Å²) in [5.74, 6) is 0.585. The molecule has 18 heavy (non-hydrogen) atoms. The monoisotopic (exact) mass is 239 g/mol. The minimum absolute atomic E-state index is 0.585. The third kappa shape index (κ3) is 2.10. The Kier molecular flexibility index (Phi) is 3.01. The van der Waals surface area contributed by atoms with Crippen LogP contribution in [-0.4, -0.2) is 10.9 Å². The molecule has 1 unspecified atom stereocenters. The van der Waals surface area contributed by atoms with Crippen LogP contribution >= 0.6 is 0 Å². The Morgan fingerprint density at radius 3 is 3.00 bits per heavy atom. The minimum atomic E-state index is 0.585. The Labute approximate surface area is 107 Å². The molecule has 2 aromatic rings. The van der Waals surface area contributed by atoms with Crippen LogP contribution in [0, 0.1) is 0 Å². The smallest absolute Gasteiger partial charge is 0.151 e. The van der Waals surface area contributed by atoms with E-state index in [9.17, 15) is 4.79 Å². The molecular formula is C16H17NO. The summed E-state index contributed by atoms with van der Waals surface area (Å²) in [6, 6.07) is 10.6. The van der Waals surface area contributed by atoms with Gasteiger partial charge in [0.2, 0.25) is 0 Å². The maximum Gasteiger partial charge on any atom is 0.151 e. The van der Waals surface area contributed by atoms with Gasteiger partial charge in [-0.1, -0.05) is 24.3 Å². The Bertz CT molecular complexity index is 556. The van der Waals surface area contributed by atoms with Crippen LogP contribution in [0.5, 0.6) is 0 Å².